The number of rotatable bonds is 5. The van der Waals surface area contributed by atoms with E-state index in [4.69, 9.17) is 14.1 Å². The van der Waals surface area contributed by atoms with Gasteiger partial charge in [-0.1, -0.05) is 18.2 Å². The van der Waals surface area contributed by atoms with Gasteiger partial charge in [0.25, 0.3) is 0 Å². The van der Waals surface area contributed by atoms with Crippen molar-refractivity contribution < 1.29 is 13.9 Å². The Morgan fingerprint density at radius 2 is 1.92 bits per heavy atom. The van der Waals surface area contributed by atoms with E-state index in [9.17, 15) is 4.79 Å². The summed E-state index contributed by atoms with van der Waals surface area (Å²) in [6.07, 6.45) is 0.611. The smallest absolute Gasteiger partial charge is 0.327 e. The summed E-state index contributed by atoms with van der Waals surface area (Å²) >= 11 is 0. The topological polar surface area (TPSA) is 70.2 Å². The fourth-order valence-corrected chi connectivity index (χ4v) is 3.02. The van der Waals surface area contributed by atoms with Gasteiger partial charge in [-0.25, -0.2) is 4.98 Å². The minimum atomic E-state index is -0.318. The summed E-state index contributed by atoms with van der Waals surface area (Å²) in [5.74, 6) is 1.11. The number of benzene rings is 1. The molecule has 0 atom stereocenters. The molecule has 2 aromatic heterocycles. The van der Waals surface area contributed by atoms with E-state index in [-0.39, 0.29) is 12.5 Å². The van der Waals surface area contributed by atoms with E-state index in [2.05, 4.69) is 5.10 Å². The Morgan fingerprint density at radius 3 is 2.62 bits per heavy atom. The lowest BCUT2D eigenvalue weighted by Crippen LogP contribution is -2.14. The molecule has 0 aliphatic rings. The van der Waals surface area contributed by atoms with Crippen LogP contribution in [0.25, 0.3) is 11.5 Å². The number of hydrogen-bond acceptors (Lipinski definition) is 5. The highest BCUT2D eigenvalue weighted by Gasteiger charge is 2.19. The van der Waals surface area contributed by atoms with Crippen molar-refractivity contribution in [2.24, 2.45) is 0 Å². The summed E-state index contributed by atoms with van der Waals surface area (Å²) in [6, 6.07) is 8.03. The third-order valence-corrected chi connectivity index (χ3v) is 4.65. The Labute approximate surface area is 152 Å². The van der Waals surface area contributed by atoms with Crippen LogP contribution in [0.5, 0.6) is 0 Å². The molecule has 6 heteroatoms. The van der Waals surface area contributed by atoms with Gasteiger partial charge in [0, 0.05) is 23.2 Å². The van der Waals surface area contributed by atoms with Crippen molar-refractivity contribution in [3.63, 3.8) is 0 Å². The average Bonchev–Trinajstić information content (AvgIpc) is 3.10. The molecule has 0 radical (unpaired) electrons. The molecule has 136 valence electrons. The van der Waals surface area contributed by atoms with Gasteiger partial charge in [-0.3, -0.25) is 9.48 Å². The first-order valence-corrected chi connectivity index (χ1v) is 8.52. The lowest BCUT2D eigenvalue weighted by atomic mass is 10.1. The van der Waals surface area contributed by atoms with Crippen LogP contribution in [0, 0.1) is 27.7 Å². The maximum absolute atomic E-state index is 11.5. The molecule has 0 N–H and O–H groups in total. The maximum Gasteiger partial charge on any atom is 0.327 e. The molecule has 0 saturated carbocycles. The van der Waals surface area contributed by atoms with Crippen LogP contribution in [0.4, 0.5) is 0 Å². The predicted octanol–water partition coefficient (Wildman–Crippen LogP) is 3.54. The van der Waals surface area contributed by atoms with Crippen molar-refractivity contribution in [1.82, 2.24) is 14.8 Å². The molecule has 0 saturated heterocycles. The van der Waals surface area contributed by atoms with Crippen LogP contribution in [-0.2, 0) is 22.5 Å². The van der Waals surface area contributed by atoms with Gasteiger partial charge < -0.3 is 9.15 Å². The third-order valence-electron chi connectivity index (χ3n) is 4.65. The van der Waals surface area contributed by atoms with E-state index in [0.29, 0.717) is 12.3 Å². The molecule has 0 bridgehead atoms. The number of aromatic nitrogens is 3. The lowest BCUT2D eigenvalue weighted by molar-refractivity contribution is -0.141. The molecule has 0 fully saturated rings. The Hall–Kier alpha value is -2.89. The SMILES string of the molecule is COC(=O)Cn1nc(C)c(Cc2nc(-c3ccccc3C)oc2C)c1C. The zero-order valence-corrected chi connectivity index (χ0v) is 15.8. The zero-order valence-electron chi connectivity index (χ0n) is 15.8. The van der Waals surface area contributed by atoms with Gasteiger partial charge in [0.1, 0.15) is 12.3 Å². The number of carbonyl (C=O) groups excluding carboxylic acids is 1. The molecule has 1 aromatic carbocycles. The standard InChI is InChI=1S/C20H23N3O3/c1-12-8-6-7-9-16(12)20-21-18(15(4)26-20)10-17-13(2)22-23(14(17)3)11-19(24)25-5/h6-9H,10-11H2,1-5H3. The fraction of sp³-hybridized carbons (Fsp3) is 0.350. The molecule has 0 amide bonds. The second kappa shape index (κ2) is 7.15. The highest BCUT2D eigenvalue weighted by Crippen LogP contribution is 2.27. The Kier molecular flexibility index (Phi) is 4.93. The monoisotopic (exact) mass is 353 g/mol. The average molecular weight is 353 g/mol. The van der Waals surface area contributed by atoms with Gasteiger partial charge in [0.2, 0.25) is 5.89 Å². The van der Waals surface area contributed by atoms with E-state index in [0.717, 1.165) is 39.5 Å². The van der Waals surface area contributed by atoms with Crippen molar-refractivity contribution in [3.8, 4) is 11.5 Å². The van der Waals surface area contributed by atoms with E-state index >= 15 is 0 Å². The first kappa shape index (κ1) is 17.9. The van der Waals surface area contributed by atoms with Crippen molar-refractivity contribution in [3.05, 3.63) is 58.2 Å². The van der Waals surface area contributed by atoms with Crippen molar-refractivity contribution in [1.29, 1.82) is 0 Å². The number of ether oxygens (including phenoxy) is 1. The fourth-order valence-electron chi connectivity index (χ4n) is 3.02. The first-order chi connectivity index (χ1) is 12.4. The van der Waals surface area contributed by atoms with Crippen molar-refractivity contribution >= 4 is 5.97 Å². The van der Waals surface area contributed by atoms with E-state index in [1.807, 2.05) is 52.0 Å². The molecule has 0 aliphatic carbocycles. The summed E-state index contributed by atoms with van der Waals surface area (Å²) in [4.78, 5) is 16.3. The molecular formula is C20H23N3O3. The normalized spacial score (nSPS) is 11.0. The first-order valence-electron chi connectivity index (χ1n) is 8.52. The van der Waals surface area contributed by atoms with Crippen LogP contribution in [-0.4, -0.2) is 27.8 Å². The van der Waals surface area contributed by atoms with Crippen molar-refractivity contribution in [2.75, 3.05) is 7.11 Å². The summed E-state index contributed by atoms with van der Waals surface area (Å²) in [7, 11) is 1.38. The second-order valence-electron chi connectivity index (χ2n) is 6.40. The van der Waals surface area contributed by atoms with Gasteiger partial charge in [0.15, 0.2) is 0 Å². The minimum absolute atomic E-state index is 0.107. The van der Waals surface area contributed by atoms with Gasteiger partial charge in [-0.15, -0.1) is 0 Å². The lowest BCUT2D eigenvalue weighted by Gasteiger charge is -2.03. The molecule has 3 aromatic rings. The third kappa shape index (κ3) is 3.40. The van der Waals surface area contributed by atoms with Gasteiger partial charge >= 0.3 is 5.97 Å². The number of esters is 1. The van der Waals surface area contributed by atoms with Crippen LogP contribution < -0.4 is 0 Å². The number of aryl methyl sites for hydroxylation is 3. The molecule has 0 unspecified atom stereocenters. The van der Waals surface area contributed by atoms with E-state index < -0.39 is 0 Å². The maximum atomic E-state index is 11.5. The Morgan fingerprint density at radius 1 is 1.19 bits per heavy atom. The predicted molar refractivity (Wildman–Crippen MR) is 97.9 cm³/mol. The Balaban J connectivity index is 1.91. The highest BCUT2D eigenvalue weighted by atomic mass is 16.5. The van der Waals surface area contributed by atoms with Crippen LogP contribution >= 0.6 is 0 Å². The molecule has 26 heavy (non-hydrogen) atoms. The van der Waals surface area contributed by atoms with Gasteiger partial charge in [-0.2, -0.15) is 5.10 Å². The minimum Gasteiger partial charge on any atom is -0.468 e. The van der Waals surface area contributed by atoms with Crippen molar-refractivity contribution in [2.45, 2.75) is 40.7 Å². The van der Waals surface area contributed by atoms with Crippen LogP contribution in [0.3, 0.4) is 0 Å². The molecule has 2 heterocycles. The van der Waals surface area contributed by atoms with Crippen LogP contribution in [0.15, 0.2) is 28.7 Å². The molecule has 3 rings (SSSR count). The molecule has 0 spiro atoms. The number of hydrogen-bond donors (Lipinski definition) is 0. The van der Waals surface area contributed by atoms with Gasteiger partial charge in [0.05, 0.1) is 18.5 Å². The highest BCUT2D eigenvalue weighted by molar-refractivity contribution is 5.69. The number of carbonyl (C=O) groups is 1. The largest absolute Gasteiger partial charge is 0.468 e. The van der Waals surface area contributed by atoms with E-state index in [1.165, 1.54) is 7.11 Å². The Bertz CT molecular complexity index is 953. The number of nitrogens with zero attached hydrogens (tertiary/aromatic N) is 3. The quantitative estimate of drug-likeness (QED) is 0.656. The molecule has 0 aliphatic heterocycles. The zero-order chi connectivity index (χ0) is 18.8. The summed E-state index contributed by atoms with van der Waals surface area (Å²) in [5.41, 5.74) is 5.88. The summed E-state index contributed by atoms with van der Waals surface area (Å²) in [5, 5.41) is 4.46. The summed E-state index contributed by atoms with van der Waals surface area (Å²) < 4.78 is 12.3. The number of methoxy groups -OCH3 is 1. The van der Waals surface area contributed by atoms with Gasteiger partial charge in [-0.05, 0) is 39.3 Å². The molecule has 6 nitrogen and oxygen atoms in total. The van der Waals surface area contributed by atoms with Crippen LogP contribution in [0.1, 0.15) is 34.0 Å². The second-order valence-corrected chi connectivity index (χ2v) is 6.40. The molecular weight excluding hydrogens is 330 g/mol. The van der Waals surface area contributed by atoms with Crippen LogP contribution in [0.2, 0.25) is 0 Å². The summed E-state index contributed by atoms with van der Waals surface area (Å²) in [6.45, 7) is 7.96. The van der Waals surface area contributed by atoms with E-state index in [1.54, 1.807) is 4.68 Å². The number of oxazole rings is 1.